The minimum Gasteiger partial charge on any atom is -0.319 e. The number of piperidine rings is 1. The van der Waals surface area contributed by atoms with Gasteiger partial charge in [-0.25, -0.2) is 4.79 Å². The van der Waals surface area contributed by atoms with Crippen LogP contribution in [0.15, 0.2) is 42.5 Å². The summed E-state index contributed by atoms with van der Waals surface area (Å²) < 4.78 is 0. The predicted molar refractivity (Wildman–Crippen MR) is 121 cm³/mol. The Labute approximate surface area is 190 Å². The predicted octanol–water partition coefficient (Wildman–Crippen LogP) is 3.72. The number of rotatable bonds is 4. The molecule has 1 aromatic carbocycles. The average molecular weight is 436 g/mol. The number of carbonyl (C=O) groups is 3. The van der Waals surface area contributed by atoms with Crippen molar-refractivity contribution >= 4 is 17.8 Å². The molecule has 2 aliphatic heterocycles. The Morgan fingerprint density at radius 2 is 1.50 bits per heavy atom. The molecule has 7 unspecified atom stereocenters. The number of urea groups is 1. The van der Waals surface area contributed by atoms with Gasteiger partial charge in [0, 0.05) is 18.5 Å². The van der Waals surface area contributed by atoms with E-state index in [2.05, 4.69) is 31.3 Å². The van der Waals surface area contributed by atoms with Crippen LogP contribution in [0.5, 0.6) is 0 Å². The molecule has 1 aromatic rings. The van der Waals surface area contributed by atoms with Crippen molar-refractivity contribution in [2.45, 2.75) is 70.6 Å². The number of nitrogens with zero attached hydrogens (tertiary/aromatic N) is 2. The van der Waals surface area contributed by atoms with E-state index in [1.54, 1.807) is 0 Å². The molecule has 3 fully saturated rings. The first-order chi connectivity index (χ1) is 15.5. The second-order valence-corrected chi connectivity index (χ2v) is 10.1. The molecule has 0 radical (unpaired) electrons. The van der Waals surface area contributed by atoms with Crippen LogP contribution in [0.2, 0.25) is 0 Å². The first-order valence-corrected chi connectivity index (χ1v) is 12.1. The van der Waals surface area contributed by atoms with E-state index < -0.39 is 6.17 Å². The third-order valence-corrected chi connectivity index (χ3v) is 8.10. The van der Waals surface area contributed by atoms with E-state index in [-0.39, 0.29) is 53.6 Å². The van der Waals surface area contributed by atoms with E-state index in [1.807, 2.05) is 35.2 Å². The molecular weight excluding hydrogens is 402 g/mol. The van der Waals surface area contributed by atoms with E-state index in [9.17, 15) is 14.4 Å². The van der Waals surface area contributed by atoms with Gasteiger partial charge in [-0.1, -0.05) is 42.5 Å². The second-order valence-electron chi connectivity index (χ2n) is 10.1. The number of nitrogens with one attached hydrogen (secondary N) is 1. The van der Waals surface area contributed by atoms with E-state index in [0.29, 0.717) is 6.42 Å². The van der Waals surface area contributed by atoms with Crippen LogP contribution >= 0.6 is 0 Å². The van der Waals surface area contributed by atoms with Gasteiger partial charge < -0.3 is 10.2 Å². The molecule has 32 heavy (non-hydrogen) atoms. The van der Waals surface area contributed by atoms with Crippen molar-refractivity contribution in [1.29, 1.82) is 0 Å². The van der Waals surface area contributed by atoms with E-state index in [4.69, 9.17) is 0 Å². The van der Waals surface area contributed by atoms with Gasteiger partial charge in [-0.2, -0.15) is 0 Å². The molecule has 2 bridgehead atoms. The summed E-state index contributed by atoms with van der Waals surface area (Å²) in [6, 6.07) is 9.90. The summed E-state index contributed by atoms with van der Waals surface area (Å²) >= 11 is 0. The topological polar surface area (TPSA) is 69.7 Å². The van der Waals surface area contributed by atoms with Gasteiger partial charge in [0.25, 0.3) is 0 Å². The quantitative estimate of drug-likeness (QED) is 0.579. The fourth-order valence-electron chi connectivity index (χ4n) is 6.49. The van der Waals surface area contributed by atoms with Crippen molar-refractivity contribution in [3.8, 4) is 0 Å². The molecular formula is C26H33N3O3. The molecule has 2 saturated heterocycles. The molecule has 6 rings (SSSR count). The van der Waals surface area contributed by atoms with E-state index in [0.717, 1.165) is 37.7 Å². The Bertz CT molecular complexity index is 888. The zero-order chi connectivity index (χ0) is 22.4. The van der Waals surface area contributed by atoms with Crippen molar-refractivity contribution in [3.63, 3.8) is 0 Å². The highest BCUT2D eigenvalue weighted by Crippen LogP contribution is 2.50. The van der Waals surface area contributed by atoms with Gasteiger partial charge >= 0.3 is 6.03 Å². The fourth-order valence-corrected chi connectivity index (χ4v) is 6.49. The maximum atomic E-state index is 13.6. The minimum atomic E-state index is -0.670. The first-order valence-electron chi connectivity index (χ1n) is 12.1. The van der Waals surface area contributed by atoms with Crippen LogP contribution in [0, 0.1) is 23.7 Å². The highest BCUT2D eigenvalue weighted by atomic mass is 16.2. The maximum Gasteiger partial charge on any atom is 0.319 e. The monoisotopic (exact) mass is 435 g/mol. The largest absolute Gasteiger partial charge is 0.319 e. The molecule has 1 saturated carbocycles. The summed E-state index contributed by atoms with van der Waals surface area (Å²) in [5, 5.41) is 3.11. The molecule has 0 spiro atoms. The second kappa shape index (κ2) is 8.38. The summed E-state index contributed by atoms with van der Waals surface area (Å²) in [6.07, 6.45) is 9.00. The molecule has 7 atom stereocenters. The van der Waals surface area contributed by atoms with Gasteiger partial charge in [-0.15, -0.1) is 0 Å². The lowest BCUT2D eigenvalue weighted by molar-refractivity contribution is -0.143. The average Bonchev–Trinajstić information content (AvgIpc) is 3.07. The summed E-state index contributed by atoms with van der Waals surface area (Å²) in [5.41, 5.74) is 0.995. The van der Waals surface area contributed by atoms with Crippen molar-refractivity contribution in [3.05, 3.63) is 48.0 Å². The van der Waals surface area contributed by atoms with Crippen molar-refractivity contribution in [2.75, 3.05) is 0 Å². The zero-order valence-corrected chi connectivity index (χ0v) is 18.9. The Balaban J connectivity index is 1.43. The molecule has 170 valence electrons. The van der Waals surface area contributed by atoms with Crippen molar-refractivity contribution < 1.29 is 14.4 Å². The number of allylic oxidation sites excluding steroid dienone is 2. The molecule has 6 nitrogen and oxygen atoms in total. The van der Waals surface area contributed by atoms with E-state index in [1.165, 1.54) is 4.90 Å². The van der Waals surface area contributed by atoms with Crippen LogP contribution in [-0.4, -0.2) is 45.9 Å². The number of carbonyl (C=O) groups excluding carboxylic acids is 3. The Morgan fingerprint density at radius 3 is 2.03 bits per heavy atom. The van der Waals surface area contributed by atoms with Crippen LogP contribution in [0.25, 0.3) is 0 Å². The van der Waals surface area contributed by atoms with Gasteiger partial charge in [-0.3, -0.25) is 14.5 Å². The molecule has 6 heteroatoms. The van der Waals surface area contributed by atoms with Gasteiger partial charge in [0.2, 0.25) is 11.8 Å². The molecule has 1 N–H and O–H groups in total. The molecule has 3 aliphatic carbocycles. The molecule has 5 aliphatic rings. The number of imide groups is 1. The fraction of sp³-hybridized carbons (Fsp3) is 0.577. The summed E-state index contributed by atoms with van der Waals surface area (Å²) in [4.78, 5) is 43.8. The summed E-state index contributed by atoms with van der Waals surface area (Å²) in [6.45, 7) is 4.15. The van der Waals surface area contributed by atoms with Crippen LogP contribution in [0.1, 0.15) is 51.5 Å². The van der Waals surface area contributed by atoms with Crippen LogP contribution in [0.4, 0.5) is 4.79 Å². The number of hydrogen-bond donors (Lipinski definition) is 1. The lowest BCUT2D eigenvalue weighted by Gasteiger charge is -2.40. The van der Waals surface area contributed by atoms with Crippen LogP contribution in [-0.2, 0) is 16.0 Å². The maximum absolute atomic E-state index is 13.6. The number of amides is 4. The highest BCUT2D eigenvalue weighted by molar-refractivity contribution is 6.06. The molecule has 2 heterocycles. The lowest BCUT2D eigenvalue weighted by Crippen LogP contribution is -2.59. The van der Waals surface area contributed by atoms with Crippen molar-refractivity contribution in [1.82, 2.24) is 15.1 Å². The minimum absolute atomic E-state index is 0.111. The Kier molecular flexibility index (Phi) is 5.56. The molecule has 0 aromatic heterocycles. The highest BCUT2D eigenvalue weighted by Gasteiger charge is 2.58. The smallest absolute Gasteiger partial charge is 0.319 e. The summed E-state index contributed by atoms with van der Waals surface area (Å²) in [7, 11) is 0. The lowest BCUT2D eigenvalue weighted by atomic mass is 9.63. The number of likely N-dealkylation sites (tertiary alicyclic amines) is 2. The van der Waals surface area contributed by atoms with Gasteiger partial charge in [0.05, 0.1) is 11.8 Å². The molecule has 4 amide bonds. The van der Waals surface area contributed by atoms with Gasteiger partial charge in [0.15, 0.2) is 0 Å². The normalized spacial score (nSPS) is 34.6. The van der Waals surface area contributed by atoms with E-state index >= 15 is 0 Å². The first kappa shape index (κ1) is 21.2. The standard InChI is InChI=1S/C26H33N3O3/c1-16-7-6-8-17(2)28(16)26(32)27-21(15-18-9-4-3-5-10-18)29-24(30)22-19-11-12-20(14-13-19)23(22)25(29)31/h3-5,9-12,16-17,19-23H,6-8,13-15H2,1-2H3,(H,27,32). The SMILES string of the molecule is CC1CCCC(C)N1C(=O)NC(Cc1ccccc1)N1C(=O)C2C3C=CC(CC3)C2C1=O. The van der Waals surface area contributed by atoms with Crippen molar-refractivity contribution in [2.24, 2.45) is 23.7 Å². The van der Waals surface area contributed by atoms with Crippen LogP contribution in [0.3, 0.4) is 0 Å². The van der Waals surface area contributed by atoms with Gasteiger partial charge in [-0.05, 0) is 63.4 Å². The van der Waals surface area contributed by atoms with Crippen LogP contribution < -0.4 is 5.32 Å². The Morgan fingerprint density at radius 1 is 0.938 bits per heavy atom. The number of hydrogen-bond acceptors (Lipinski definition) is 3. The summed E-state index contributed by atoms with van der Waals surface area (Å²) in [5.74, 6) is -0.480. The number of fused-ring (bicyclic) bond motifs is 1. The number of benzene rings is 1. The third-order valence-electron chi connectivity index (χ3n) is 8.10. The Hall–Kier alpha value is -2.63. The third kappa shape index (κ3) is 3.54. The van der Waals surface area contributed by atoms with Gasteiger partial charge in [0.1, 0.15) is 6.17 Å². The zero-order valence-electron chi connectivity index (χ0n) is 18.9.